The van der Waals surface area contributed by atoms with Gasteiger partial charge in [0.15, 0.2) is 0 Å². The van der Waals surface area contributed by atoms with Gasteiger partial charge in [-0.2, -0.15) is 8.42 Å². The largest absolute Gasteiger partial charge is 0.423 e. The summed E-state index contributed by atoms with van der Waals surface area (Å²) < 4.78 is 39.2. The molecule has 0 spiro atoms. The lowest BCUT2D eigenvalue weighted by molar-refractivity contribution is 0.0730. The van der Waals surface area contributed by atoms with Crippen LogP contribution in [0.25, 0.3) is 0 Å². The highest BCUT2D eigenvalue weighted by Crippen LogP contribution is 2.35. The third-order valence-electron chi connectivity index (χ3n) is 5.75. The Kier molecular flexibility index (Phi) is 7.95. The predicted molar refractivity (Wildman–Crippen MR) is 129 cm³/mol. The van der Waals surface area contributed by atoms with Gasteiger partial charge < -0.3 is 4.74 Å². The van der Waals surface area contributed by atoms with Gasteiger partial charge in [-0.15, -0.1) is 0 Å². The van der Waals surface area contributed by atoms with Crippen molar-refractivity contribution < 1.29 is 22.5 Å². The van der Waals surface area contributed by atoms with Gasteiger partial charge in [0.2, 0.25) is 0 Å². The number of esters is 1. The Labute approximate surface area is 193 Å². The van der Waals surface area contributed by atoms with Crippen molar-refractivity contribution in [2.24, 2.45) is 0 Å². The minimum atomic E-state index is -4.39. The average Bonchev–Trinajstić information content (AvgIpc) is 2.66. The first-order valence-corrected chi connectivity index (χ1v) is 12.6. The molecule has 0 aromatic heterocycles. The summed E-state index contributed by atoms with van der Waals surface area (Å²) in [7, 11) is -4.39. The zero-order valence-corrected chi connectivity index (χ0v) is 21.4. The van der Waals surface area contributed by atoms with E-state index in [0.717, 1.165) is 11.1 Å². The van der Waals surface area contributed by atoms with E-state index >= 15 is 0 Å². The normalized spacial score (nSPS) is 12.3. The lowest BCUT2D eigenvalue weighted by Crippen LogP contribution is -2.18. The highest BCUT2D eigenvalue weighted by Gasteiger charge is 2.26. The van der Waals surface area contributed by atoms with Crippen molar-refractivity contribution >= 4 is 16.1 Å². The Hall–Kier alpha value is -2.18. The molecule has 0 saturated heterocycles. The van der Waals surface area contributed by atoms with Crippen molar-refractivity contribution in [2.75, 3.05) is 0 Å². The maximum Gasteiger partial charge on any atom is 0.344 e. The van der Waals surface area contributed by atoms with Crippen molar-refractivity contribution in [2.45, 2.75) is 90.9 Å². The molecule has 0 radical (unpaired) electrons. The molecule has 0 aliphatic rings. The number of hydrogen-bond acceptors (Lipinski definition) is 4. The molecule has 2 aromatic carbocycles. The lowest BCUT2D eigenvalue weighted by Gasteiger charge is -2.22. The number of benzene rings is 2. The molecule has 0 atom stereocenters. The number of rotatable bonds is 7. The lowest BCUT2D eigenvalue weighted by atomic mass is 9.84. The van der Waals surface area contributed by atoms with Gasteiger partial charge in [0, 0.05) is 0 Å². The summed E-state index contributed by atoms with van der Waals surface area (Å²) in [6.07, 6.45) is 0. The SMILES string of the molecule is Cc1cc(S(=O)(=O)O)c(C(C)C)cc1OC(=O)c1c(C(C)C)cc(C(C)C)cc1C(C)C. The number of hydrogen-bond donors (Lipinski definition) is 1. The first-order chi connectivity index (χ1) is 14.6. The van der Waals surface area contributed by atoms with E-state index in [4.69, 9.17) is 4.74 Å². The van der Waals surface area contributed by atoms with Crippen LogP contribution in [-0.4, -0.2) is 18.9 Å². The van der Waals surface area contributed by atoms with Crippen LogP contribution in [-0.2, 0) is 10.1 Å². The van der Waals surface area contributed by atoms with Crippen LogP contribution >= 0.6 is 0 Å². The number of carbonyl (C=O) groups excluding carboxylic acids is 1. The summed E-state index contributed by atoms with van der Waals surface area (Å²) in [5, 5.41) is 0. The van der Waals surface area contributed by atoms with Crippen LogP contribution < -0.4 is 4.74 Å². The maximum atomic E-state index is 13.5. The molecule has 176 valence electrons. The standard InChI is InChI=1S/C26H36O5S/c1-14(2)19-11-21(16(5)6)25(22(12-19)17(7)8)26(27)31-23-13-20(15(3)4)24(10-18(23)9)32(28,29)30/h10-17H,1-9H3,(H,28,29,30). The van der Waals surface area contributed by atoms with Crippen molar-refractivity contribution in [3.05, 3.63) is 57.6 Å². The third kappa shape index (κ3) is 5.59. The summed E-state index contributed by atoms with van der Waals surface area (Å²) in [6.45, 7) is 17.8. The molecule has 0 saturated carbocycles. The smallest absolute Gasteiger partial charge is 0.344 e. The zero-order chi connectivity index (χ0) is 24.5. The molecule has 0 heterocycles. The molecule has 1 N–H and O–H groups in total. The van der Waals surface area contributed by atoms with Crippen LogP contribution in [0, 0.1) is 6.92 Å². The molecule has 32 heavy (non-hydrogen) atoms. The Morgan fingerprint density at radius 1 is 0.781 bits per heavy atom. The fourth-order valence-corrected chi connectivity index (χ4v) is 4.72. The first kappa shape index (κ1) is 26.1. The van der Waals surface area contributed by atoms with Gasteiger partial charge >= 0.3 is 5.97 Å². The summed E-state index contributed by atoms with van der Waals surface area (Å²) in [6, 6.07) is 7.09. The Morgan fingerprint density at radius 2 is 1.25 bits per heavy atom. The second kappa shape index (κ2) is 9.75. The number of carbonyl (C=O) groups is 1. The molecular weight excluding hydrogens is 424 g/mol. The van der Waals surface area contributed by atoms with Gasteiger partial charge in [-0.3, -0.25) is 4.55 Å². The minimum Gasteiger partial charge on any atom is -0.423 e. The molecule has 0 amide bonds. The van der Waals surface area contributed by atoms with Crippen LogP contribution in [0.5, 0.6) is 5.75 Å². The second-order valence-corrected chi connectivity index (χ2v) is 11.1. The summed E-state index contributed by atoms with van der Waals surface area (Å²) in [5.74, 6) is 0.242. The summed E-state index contributed by atoms with van der Waals surface area (Å²) in [4.78, 5) is 13.3. The second-order valence-electron chi connectivity index (χ2n) is 9.71. The van der Waals surface area contributed by atoms with Gasteiger partial charge in [0.25, 0.3) is 10.1 Å². The molecule has 5 nitrogen and oxygen atoms in total. The molecular formula is C26H36O5S. The number of ether oxygens (including phenoxy) is 1. The van der Waals surface area contributed by atoms with Crippen molar-refractivity contribution in [1.29, 1.82) is 0 Å². The third-order valence-corrected chi connectivity index (χ3v) is 6.66. The topological polar surface area (TPSA) is 80.7 Å². The first-order valence-electron chi connectivity index (χ1n) is 11.2. The molecule has 2 aromatic rings. The van der Waals surface area contributed by atoms with Gasteiger partial charge in [-0.1, -0.05) is 67.5 Å². The predicted octanol–water partition coefficient (Wildman–Crippen LogP) is 6.95. The quantitative estimate of drug-likeness (QED) is 0.274. The van der Waals surface area contributed by atoms with E-state index in [2.05, 4.69) is 53.7 Å². The highest BCUT2D eigenvalue weighted by atomic mass is 32.2. The molecule has 0 aliphatic heterocycles. The van der Waals surface area contributed by atoms with Crippen LogP contribution in [0.3, 0.4) is 0 Å². The van der Waals surface area contributed by atoms with Crippen LogP contribution in [0.1, 0.15) is 117 Å². The molecule has 0 fully saturated rings. The van der Waals surface area contributed by atoms with Crippen LogP contribution in [0.15, 0.2) is 29.2 Å². The summed E-state index contributed by atoms with van der Waals surface area (Å²) in [5.41, 5.74) is 4.52. The van der Waals surface area contributed by atoms with E-state index in [1.165, 1.54) is 11.6 Å². The van der Waals surface area contributed by atoms with Gasteiger partial charge in [-0.05, 0) is 70.5 Å². The average molecular weight is 461 g/mol. The fourth-order valence-electron chi connectivity index (χ4n) is 3.80. The van der Waals surface area contributed by atoms with E-state index < -0.39 is 16.1 Å². The highest BCUT2D eigenvalue weighted by molar-refractivity contribution is 7.85. The molecule has 6 heteroatoms. The Morgan fingerprint density at radius 3 is 1.62 bits per heavy atom. The molecule has 0 bridgehead atoms. The van der Waals surface area contributed by atoms with E-state index in [1.807, 2.05) is 13.8 Å². The van der Waals surface area contributed by atoms with Gasteiger partial charge in [0.1, 0.15) is 5.75 Å². The van der Waals surface area contributed by atoms with Crippen molar-refractivity contribution in [3.8, 4) is 5.75 Å². The Bertz CT molecular complexity index is 1080. The monoisotopic (exact) mass is 460 g/mol. The molecule has 0 unspecified atom stereocenters. The summed E-state index contributed by atoms with van der Waals surface area (Å²) >= 11 is 0. The zero-order valence-electron chi connectivity index (χ0n) is 20.6. The molecule has 0 aliphatic carbocycles. The van der Waals surface area contributed by atoms with Gasteiger partial charge in [0.05, 0.1) is 10.5 Å². The maximum absolute atomic E-state index is 13.5. The molecule has 2 rings (SSSR count). The number of aryl methyl sites for hydroxylation is 1. The van der Waals surface area contributed by atoms with E-state index in [0.29, 0.717) is 28.4 Å². The van der Waals surface area contributed by atoms with E-state index in [1.54, 1.807) is 13.0 Å². The minimum absolute atomic E-state index is 0.128. The fraction of sp³-hybridized carbons (Fsp3) is 0.500. The Balaban J connectivity index is 2.66. The van der Waals surface area contributed by atoms with Crippen LogP contribution in [0.4, 0.5) is 0 Å². The van der Waals surface area contributed by atoms with E-state index in [-0.39, 0.29) is 22.6 Å². The van der Waals surface area contributed by atoms with Gasteiger partial charge in [-0.25, -0.2) is 4.79 Å². The van der Waals surface area contributed by atoms with Crippen molar-refractivity contribution in [1.82, 2.24) is 0 Å². The van der Waals surface area contributed by atoms with Crippen molar-refractivity contribution in [3.63, 3.8) is 0 Å². The van der Waals surface area contributed by atoms with Crippen LogP contribution in [0.2, 0.25) is 0 Å². The van der Waals surface area contributed by atoms with E-state index in [9.17, 15) is 17.8 Å².